The van der Waals surface area contributed by atoms with Gasteiger partial charge < -0.3 is 11.1 Å². The van der Waals surface area contributed by atoms with E-state index in [9.17, 15) is 4.39 Å². The molecule has 1 heterocycles. The minimum atomic E-state index is -0.324. The number of hydrogen-bond acceptors (Lipinski definition) is 4. The second-order valence-electron chi connectivity index (χ2n) is 3.51. The maximum atomic E-state index is 13.3. The molecular weight excluding hydrogens is 305 g/mol. The molecule has 17 heavy (non-hydrogen) atoms. The first kappa shape index (κ1) is 12.3. The molecule has 0 saturated carbocycles. The predicted octanol–water partition coefficient (Wildman–Crippen LogP) is 3.28. The van der Waals surface area contributed by atoms with Crippen LogP contribution in [0.5, 0.6) is 0 Å². The fourth-order valence-electron chi connectivity index (χ4n) is 1.40. The third kappa shape index (κ3) is 3.17. The standard InChI is InChI=1S/C11H11BrFN3S/c12-8-3-10(14)11(4-9(8)13)15-2-1-7-5-17-6-16-7/h3-6,15H,1-2,14H2. The summed E-state index contributed by atoms with van der Waals surface area (Å²) in [6.07, 6.45) is 0.792. The Balaban J connectivity index is 1.97. The maximum Gasteiger partial charge on any atom is 0.139 e. The number of nitrogens with zero attached hydrogens (tertiary/aromatic N) is 1. The molecule has 0 aliphatic carbocycles. The van der Waals surface area contributed by atoms with E-state index in [2.05, 4.69) is 26.2 Å². The largest absolute Gasteiger partial charge is 0.397 e. The highest BCUT2D eigenvalue weighted by Crippen LogP contribution is 2.26. The van der Waals surface area contributed by atoms with E-state index in [1.807, 2.05) is 5.38 Å². The van der Waals surface area contributed by atoms with Gasteiger partial charge in [0.2, 0.25) is 0 Å². The molecular formula is C11H11BrFN3S. The lowest BCUT2D eigenvalue weighted by Crippen LogP contribution is -2.07. The monoisotopic (exact) mass is 315 g/mol. The average molecular weight is 316 g/mol. The molecule has 0 aliphatic rings. The van der Waals surface area contributed by atoms with Crippen molar-refractivity contribution in [3.8, 4) is 0 Å². The summed E-state index contributed by atoms with van der Waals surface area (Å²) in [6, 6.07) is 2.95. The number of nitrogen functional groups attached to an aromatic ring is 1. The minimum Gasteiger partial charge on any atom is -0.397 e. The van der Waals surface area contributed by atoms with Crippen molar-refractivity contribution in [1.82, 2.24) is 4.98 Å². The van der Waals surface area contributed by atoms with Crippen LogP contribution < -0.4 is 11.1 Å². The molecule has 0 spiro atoms. The summed E-state index contributed by atoms with van der Waals surface area (Å²) in [4.78, 5) is 4.17. The molecule has 1 aromatic heterocycles. The first-order valence-electron chi connectivity index (χ1n) is 5.02. The summed E-state index contributed by atoms with van der Waals surface area (Å²) in [6.45, 7) is 0.676. The quantitative estimate of drug-likeness (QED) is 0.851. The average Bonchev–Trinajstić information content (AvgIpc) is 2.78. The van der Waals surface area contributed by atoms with Crippen molar-refractivity contribution < 1.29 is 4.39 Å². The van der Waals surface area contributed by atoms with Crippen molar-refractivity contribution in [3.63, 3.8) is 0 Å². The molecule has 0 amide bonds. The fraction of sp³-hybridized carbons (Fsp3) is 0.182. The number of thiazole rings is 1. The maximum absolute atomic E-state index is 13.3. The van der Waals surface area contributed by atoms with Gasteiger partial charge in [0.1, 0.15) is 5.82 Å². The highest BCUT2D eigenvalue weighted by molar-refractivity contribution is 9.10. The SMILES string of the molecule is Nc1cc(Br)c(F)cc1NCCc1cscn1. The smallest absolute Gasteiger partial charge is 0.139 e. The Morgan fingerprint density at radius 1 is 1.47 bits per heavy atom. The highest BCUT2D eigenvalue weighted by Gasteiger charge is 2.05. The fourth-order valence-corrected chi connectivity index (χ4v) is 2.36. The predicted molar refractivity (Wildman–Crippen MR) is 72.8 cm³/mol. The molecule has 3 N–H and O–H groups in total. The summed E-state index contributed by atoms with van der Waals surface area (Å²) in [5.41, 5.74) is 9.73. The highest BCUT2D eigenvalue weighted by atomic mass is 79.9. The summed E-state index contributed by atoms with van der Waals surface area (Å²) in [7, 11) is 0. The van der Waals surface area contributed by atoms with Gasteiger partial charge in [-0.25, -0.2) is 9.37 Å². The number of aromatic nitrogens is 1. The van der Waals surface area contributed by atoms with Gasteiger partial charge in [-0.05, 0) is 22.0 Å². The van der Waals surface area contributed by atoms with E-state index >= 15 is 0 Å². The summed E-state index contributed by atoms with van der Waals surface area (Å²) >= 11 is 4.65. The van der Waals surface area contributed by atoms with E-state index < -0.39 is 0 Å². The van der Waals surface area contributed by atoms with E-state index in [1.165, 1.54) is 6.07 Å². The van der Waals surface area contributed by atoms with Crippen LogP contribution in [0.15, 0.2) is 27.5 Å². The van der Waals surface area contributed by atoms with Crippen LogP contribution >= 0.6 is 27.3 Å². The molecule has 0 bridgehead atoms. The summed E-state index contributed by atoms with van der Waals surface area (Å²) in [5, 5.41) is 5.09. The molecule has 0 radical (unpaired) electrons. The molecule has 0 fully saturated rings. The van der Waals surface area contributed by atoms with E-state index in [-0.39, 0.29) is 5.82 Å². The number of nitrogens with one attached hydrogen (secondary N) is 1. The molecule has 0 aliphatic heterocycles. The van der Waals surface area contributed by atoms with Crippen LogP contribution in [0.3, 0.4) is 0 Å². The van der Waals surface area contributed by atoms with Gasteiger partial charge in [-0.2, -0.15) is 0 Å². The van der Waals surface area contributed by atoms with Crippen LogP contribution in [0.25, 0.3) is 0 Å². The normalized spacial score (nSPS) is 10.5. The summed E-state index contributed by atoms with van der Waals surface area (Å²) < 4.78 is 13.7. The molecule has 2 aromatic rings. The zero-order valence-corrected chi connectivity index (χ0v) is 11.3. The van der Waals surface area contributed by atoms with Crippen molar-refractivity contribution in [2.24, 2.45) is 0 Å². The number of halogens is 2. The number of benzene rings is 1. The van der Waals surface area contributed by atoms with Crippen LogP contribution in [-0.2, 0) is 6.42 Å². The van der Waals surface area contributed by atoms with Gasteiger partial charge in [-0.15, -0.1) is 11.3 Å². The van der Waals surface area contributed by atoms with E-state index in [1.54, 1.807) is 22.9 Å². The van der Waals surface area contributed by atoms with Crippen molar-refractivity contribution in [2.45, 2.75) is 6.42 Å². The third-order valence-electron chi connectivity index (χ3n) is 2.27. The van der Waals surface area contributed by atoms with Crippen molar-refractivity contribution in [3.05, 3.63) is 39.0 Å². The van der Waals surface area contributed by atoms with Gasteiger partial charge in [0.25, 0.3) is 0 Å². The number of hydrogen-bond donors (Lipinski definition) is 2. The van der Waals surface area contributed by atoms with E-state index in [0.29, 0.717) is 22.4 Å². The zero-order valence-electron chi connectivity index (χ0n) is 8.91. The van der Waals surface area contributed by atoms with E-state index in [4.69, 9.17) is 5.73 Å². The third-order valence-corrected chi connectivity index (χ3v) is 3.52. The van der Waals surface area contributed by atoms with Crippen LogP contribution in [0.1, 0.15) is 5.69 Å². The number of anilines is 2. The lowest BCUT2D eigenvalue weighted by Gasteiger charge is -2.09. The first-order valence-corrected chi connectivity index (χ1v) is 6.76. The Kier molecular flexibility index (Phi) is 3.96. The first-order chi connectivity index (χ1) is 8.16. The van der Waals surface area contributed by atoms with Crippen LogP contribution in [-0.4, -0.2) is 11.5 Å². The van der Waals surface area contributed by atoms with Crippen molar-refractivity contribution in [2.75, 3.05) is 17.6 Å². The van der Waals surface area contributed by atoms with Crippen molar-refractivity contribution in [1.29, 1.82) is 0 Å². The second-order valence-corrected chi connectivity index (χ2v) is 5.08. The molecule has 2 rings (SSSR count). The molecule has 3 nitrogen and oxygen atoms in total. The number of nitrogens with two attached hydrogens (primary N) is 1. The molecule has 0 saturated heterocycles. The van der Waals surface area contributed by atoms with E-state index in [0.717, 1.165) is 12.1 Å². The topological polar surface area (TPSA) is 50.9 Å². The van der Waals surface area contributed by atoms with Gasteiger partial charge in [0, 0.05) is 24.4 Å². The molecule has 90 valence electrons. The Labute approximate surface area is 111 Å². The Morgan fingerprint density at radius 2 is 2.29 bits per heavy atom. The number of rotatable bonds is 4. The molecule has 1 aromatic carbocycles. The van der Waals surface area contributed by atoms with Crippen LogP contribution in [0.2, 0.25) is 0 Å². The lowest BCUT2D eigenvalue weighted by molar-refractivity contribution is 0.622. The lowest BCUT2D eigenvalue weighted by atomic mass is 10.2. The second kappa shape index (κ2) is 5.46. The Bertz CT molecular complexity index is 502. The minimum absolute atomic E-state index is 0.324. The molecule has 6 heteroatoms. The van der Waals surface area contributed by atoms with Crippen LogP contribution in [0.4, 0.5) is 15.8 Å². The van der Waals surface area contributed by atoms with Gasteiger partial charge >= 0.3 is 0 Å². The van der Waals surface area contributed by atoms with Crippen molar-refractivity contribution >= 4 is 38.6 Å². The van der Waals surface area contributed by atoms with Crippen LogP contribution in [0, 0.1) is 5.82 Å². The Morgan fingerprint density at radius 3 is 3.00 bits per heavy atom. The Hall–Kier alpha value is -1.14. The van der Waals surface area contributed by atoms with Gasteiger partial charge in [0.15, 0.2) is 0 Å². The van der Waals surface area contributed by atoms with Gasteiger partial charge in [-0.3, -0.25) is 0 Å². The summed E-state index contributed by atoms with van der Waals surface area (Å²) in [5.74, 6) is -0.324. The molecule has 0 unspecified atom stereocenters. The molecule has 0 atom stereocenters. The van der Waals surface area contributed by atoms with Gasteiger partial charge in [0.05, 0.1) is 27.1 Å². The zero-order chi connectivity index (χ0) is 12.3. The van der Waals surface area contributed by atoms with Gasteiger partial charge in [-0.1, -0.05) is 0 Å².